The molecule has 0 spiro atoms. The van der Waals surface area contributed by atoms with Gasteiger partial charge in [0.1, 0.15) is 5.58 Å². The van der Waals surface area contributed by atoms with Gasteiger partial charge in [0.2, 0.25) is 5.43 Å². The smallest absolute Gasteiger partial charge is 0.218 e. The van der Waals surface area contributed by atoms with Crippen LogP contribution in [0.15, 0.2) is 39.7 Å². The highest BCUT2D eigenvalue weighted by molar-refractivity contribution is 6.31. The van der Waals surface area contributed by atoms with E-state index in [0.29, 0.717) is 33.0 Å². The number of H-pyrrole nitrogens is 1. The lowest BCUT2D eigenvalue weighted by Crippen LogP contribution is -2.04. The van der Waals surface area contributed by atoms with Gasteiger partial charge in [-0.05, 0) is 34.7 Å². The van der Waals surface area contributed by atoms with E-state index in [1.54, 1.807) is 24.3 Å². The predicted octanol–water partition coefficient (Wildman–Crippen LogP) is 2.17. The van der Waals surface area contributed by atoms with Crippen LogP contribution >= 0.6 is 11.6 Å². The van der Waals surface area contributed by atoms with E-state index in [0.717, 1.165) is 0 Å². The minimum absolute atomic E-state index is 0.226. The molecule has 1 N–H and O–H groups in total. The lowest BCUT2D eigenvalue weighted by atomic mass is 10.2. The number of aromatic amines is 1. The van der Waals surface area contributed by atoms with E-state index in [4.69, 9.17) is 16.0 Å². The number of rotatable bonds is 1. The normalized spacial score (nSPS) is 11.3. The van der Waals surface area contributed by atoms with Gasteiger partial charge in [0.25, 0.3) is 0 Å². The van der Waals surface area contributed by atoms with Crippen molar-refractivity contribution in [2.45, 2.75) is 0 Å². The first kappa shape index (κ1) is 12.0. The van der Waals surface area contributed by atoms with Crippen LogP contribution in [0, 0.1) is 0 Å². The first-order chi connectivity index (χ1) is 10.2. The monoisotopic (exact) mass is 299 g/mol. The number of nitrogens with one attached hydrogen (secondary N) is 1. The molecule has 0 fully saturated rings. The second-order valence-electron chi connectivity index (χ2n) is 4.39. The van der Waals surface area contributed by atoms with Gasteiger partial charge in [-0.1, -0.05) is 11.6 Å². The van der Waals surface area contributed by atoms with Crippen LogP contribution in [0.5, 0.6) is 0 Å². The molecule has 0 aliphatic carbocycles. The first-order valence-electron chi connectivity index (χ1n) is 5.98. The zero-order chi connectivity index (χ0) is 14.4. The molecule has 0 unspecified atom stereocenters. The van der Waals surface area contributed by atoms with Gasteiger partial charge in [-0.25, -0.2) is 10.1 Å². The fourth-order valence-corrected chi connectivity index (χ4v) is 2.29. The number of hydrogen-bond acceptors (Lipinski definition) is 6. The SMILES string of the molecule is O=c1c2cc(Cl)ccc2oc2cc(-c3nnn[nH]3)cnc12. The summed E-state index contributed by atoms with van der Waals surface area (Å²) < 4.78 is 5.72. The lowest BCUT2D eigenvalue weighted by molar-refractivity contribution is 0.658. The van der Waals surface area contributed by atoms with Gasteiger partial charge in [0.05, 0.1) is 5.39 Å². The summed E-state index contributed by atoms with van der Waals surface area (Å²) in [5, 5.41) is 14.3. The predicted molar refractivity (Wildman–Crippen MR) is 76.0 cm³/mol. The van der Waals surface area contributed by atoms with E-state index < -0.39 is 0 Å². The maximum atomic E-state index is 12.4. The summed E-state index contributed by atoms with van der Waals surface area (Å²) >= 11 is 5.91. The lowest BCUT2D eigenvalue weighted by Gasteiger charge is -2.02. The quantitative estimate of drug-likeness (QED) is 0.541. The van der Waals surface area contributed by atoms with Gasteiger partial charge < -0.3 is 4.42 Å². The molecule has 0 bridgehead atoms. The number of pyridine rings is 1. The van der Waals surface area contributed by atoms with E-state index in [9.17, 15) is 4.79 Å². The summed E-state index contributed by atoms with van der Waals surface area (Å²) in [6.07, 6.45) is 1.51. The molecule has 0 radical (unpaired) electrons. The van der Waals surface area contributed by atoms with Crippen LogP contribution in [0.1, 0.15) is 0 Å². The summed E-state index contributed by atoms with van der Waals surface area (Å²) in [6, 6.07) is 6.55. The second kappa shape index (κ2) is 4.35. The summed E-state index contributed by atoms with van der Waals surface area (Å²) in [5.74, 6) is 0.447. The van der Waals surface area contributed by atoms with Gasteiger partial charge in [0.15, 0.2) is 16.9 Å². The number of hydrogen-bond donors (Lipinski definition) is 1. The third kappa shape index (κ3) is 1.86. The Morgan fingerprint density at radius 1 is 1.19 bits per heavy atom. The summed E-state index contributed by atoms with van der Waals surface area (Å²) in [7, 11) is 0. The van der Waals surface area contributed by atoms with Crippen molar-refractivity contribution in [1.82, 2.24) is 25.6 Å². The van der Waals surface area contributed by atoms with Crippen molar-refractivity contribution in [2.75, 3.05) is 0 Å². The van der Waals surface area contributed by atoms with E-state index >= 15 is 0 Å². The number of tetrazole rings is 1. The van der Waals surface area contributed by atoms with Crippen molar-refractivity contribution >= 4 is 33.7 Å². The van der Waals surface area contributed by atoms with Gasteiger partial charge in [-0.15, -0.1) is 5.10 Å². The van der Waals surface area contributed by atoms with Crippen LogP contribution in [-0.2, 0) is 0 Å². The Kier molecular flexibility index (Phi) is 2.48. The van der Waals surface area contributed by atoms with Crippen molar-refractivity contribution in [3.8, 4) is 11.4 Å². The number of fused-ring (bicyclic) bond motifs is 2. The Bertz CT molecular complexity index is 1030. The van der Waals surface area contributed by atoms with Crippen molar-refractivity contribution in [3.05, 3.63) is 45.7 Å². The second-order valence-corrected chi connectivity index (χ2v) is 4.83. The Morgan fingerprint density at radius 2 is 2.10 bits per heavy atom. The summed E-state index contributed by atoms with van der Waals surface area (Å²) in [4.78, 5) is 16.6. The molecule has 102 valence electrons. The zero-order valence-electron chi connectivity index (χ0n) is 10.4. The molecule has 8 heteroatoms. The van der Waals surface area contributed by atoms with Crippen molar-refractivity contribution in [1.29, 1.82) is 0 Å². The van der Waals surface area contributed by atoms with E-state index in [1.807, 2.05) is 0 Å². The van der Waals surface area contributed by atoms with Gasteiger partial charge in [0, 0.05) is 16.8 Å². The van der Waals surface area contributed by atoms with E-state index in [1.165, 1.54) is 6.20 Å². The number of benzene rings is 1. The van der Waals surface area contributed by atoms with Crippen LogP contribution < -0.4 is 5.43 Å². The third-order valence-corrected chi connectivity index (χ3v) is 3.33. The molecule has 4 rings (SSSR count). The minimum atomic E-state index is -0.226. The highest BCUT2D eigenvalue weighted by atomic mass is 35.5. The molecule has 0 atom stereocenters. The highest BCUT2D eigenvalue weighted by Gasteiger charge is 2.11. The molecule has 3 heterocycles. The molecule has 1 aromatic carbocycles. The van der Waals surface area contributed by atoms with Crippen LogP contribution in [-0.4, -0.2) is 25.6 Å². The topological polar surface area (TPSA) is 97.6 Å². The Morgan fingerprint density at radius 3 is 2.90 bits per heavy atom. The van der Waals surface area contributed by atoms with Crippen molar-refractivity contribution in [3.63, 3.8) is 0 Å². The molecule has 0 amide bonds. The molecular formula is C13H6ClN5O2. The number of halogens is 1. The Hall–Kier alpha value is -2.80. The molecule has 0 aliphatic rings. The maximum Gasteiger partial charge on any atom is 0.218 e. The fourth-order valence-electron chi connectivity index (χ4n) is 2.12. The van der Waals surface area contributed by atoms with Crippen LogP contribution in [0.4, 0.5) is 0 Å². The molecule has 21 heavy (non-hydrogen) atoms. The van der Waals surface area contributed by atoms with Crippen molar-refractivity contribution in [2.24, 2.45) is 0 Å². The van der Waals surface area contributed by atoms with Crippen LogP contribution in [0.25, 0.3) is 33.5 Å². The van der Waals surface area contributed by atoms with Gasteiger partial charge in [-0.2, -0.15) is 0 Å². The Balaban J connectivity index is 2.07. The maximum absolute atomic E-state index is 12.4. The molecule has 0 saturated heterocycles. The van der Waals surface area contributed by atoms with E-state index in [2.05, 4.69) is 25.6 Å². The average molecular weight is 300 g/mol. The third-order valence-electron chi connectivity index (χ3n) is 3.09. The molecule has 4 aromatic rings. The average Bonchev–Trinajstić information content (AvgIpc) is 3.02. The standard InChI is InChI=1S/C13H6ClN5O2/c14-7-1-2-9-8(4-7)12(20)11-10(21-9)3-6(5-15-11)13-16-18-19-17-13/h1-5H,(H,16,17,18,19). The molecule has 0 aliphatic heterocycles. The van der Waals surface area contributed by atoms with Crippen molar-refractivity contribution < 1.29 is 4.42 Å². The van der Waals surface area contributed by atoms with Gasteiger partial charge >= 0.3 is 0 Å². The van der Waals surface area contributed by atoms with Crippen LogP contribution in [0.3, 0.4) is 0 Å². The van der Waals surface area contributed by atoms with Crippen LogP contribution in [0.2, 0.25) is 5.02 Å². The first-order valence-corrected chi connectivity index (χ1v) is 6.36. The molecule has 0 saturated carbocycles. The van der Waals surface area contributed by atoms with E-state index in [-0.39, 0.29) is 10.9 Å². The minimum Gasteiger partial charge on any atom is -0.454 e. The molecular weight excluding hydrogens is 294 g/mol. The Labute approximate surface area is 121 Å². The van der Waals surface area contributed by atoms with Gasteiger partial charge in [-0.3, -0.25) is 4.79 Å². The fraction of sp³-hybridized carbons (Fsp3) is 0. The summed E-state index contributed by atoms with van der Waals surface area (Å²) in [6.45, 7) is 0. The molecule has 7 nitrogen and oxygen atoms in total. The molecule has 3 aromatic heterocycles. The number of aromatic nitrogens is 5. The number of nitrogens with zero attached hydrogens (tertiary/aromatic N) is 4. The highest BCUT2D eigenvalue weighted by Crippen LogP contribution is 2.23. The summed E-state index contributed by atoms with van der Waals surface area (Å²) in [5.41, 5.74) is 1.45. The zero-order valence-corrected chi connectivity index (χ0v) is 11.1. The largest absolute Gasteiger partial charge is 0.454 e.